The smallest absolute Gasteiger partial charge is 0.225 e. The van der Waals surface area contributed by atoms with Crippen molar-refractivity contribution in [2.24, 2.45) is 0 Å². The predicted molar refractivity (Wildman–Crippen MR) is 43.6 cm³/mol. The van der Waals surface area contributed by atoms with Crippen LogP contribution in [0.3, 0.4) is 0 Å². The number of nitrogens with zero attached hydrogens (tertiary/aromatic N) is 1. The lowest BCUT2D eigenvalue weighted by molar-refractivity contribution is -0.423. The molecule has 1 aliphatic heterocycles. The molecular weight excluding hydrogens is 449 g/mol. The van der Waals surface area contributed by atoms with Crippen LogP contribution in [0.5, 0.6) is 0 Å². The molecule has 0 bridgehead atoms. The van der Waals surface area contributed by atoms with Crippen molar-refractivity contribution in [3.05, 3.63) is 0 Å². The van der Waals surface area contributed by atoms with Gasteiger partial charge >= 0.3 is 48.1 Å². The summed E-state index contributed by atoms with van der Waals surface area (Å²) in [5.74, 6) is -37.2. The summed E-state index contributed by atoms with van der Waals surface area (Å²) >= 11 is 0. The number of halogens is 17. The highest BCUT2D eigenvalue weighted by Crippen LogP contribution is 2.65. The van der Waals surface area contributed by atoms with E-state index in [0.29, 0.717) is 0 Å². The van der Waals surface area contributed by atoms with Crippen LogP contribution in [-0.4, -0.2) is 53.1 Å². The third-order valence-electron chi connectivity index (χ3n) is 2.96. The van der Waals surface area contributed by atoms with Crippen molar-refractivity contribution in [2.45, 2.75) is 48.1 Å². The van der Waals surface area contributed by atoms with Gasteiger partial charge in [0.1, 0.15) is 0 Å². The Morgan fingerprint density at radius 2 is 0.852 bits per heavy atom. The van der Waals surface area contributed by atoms with Gasteiger partial charge in [0, 0.05) is 0 Å². The second-order valence-electron chi connectivity index (χ2n) is 4.78. The van der Waals surface area contributed by atoms with Crippen LogP contribution in [0.1, 0.15) is 0 Å². The third-order valence-corrected chi connectivity index (χ3v) is 2.96. The van der Waals surface area contributed by atoms with E-state index in [1.165, 1.54) is 0 Å². The van der Waals surface area contributed by atoms with E-state index in [1.807, 2.05) is 0 Å². The zero-order chi connectivity index (χ0) is 22.3. The molecule has 0 aromatic carbocycles. The van der Waals surface area contributed by atoms with Crippen LogP contribution in [0, 0.1) is 0 Å². The molecule has 162 valence electrons. The van der Waals surface area contributed by atoms with Crippen LogP contribution >= 0.6 is 0 Å². The summed E-state index contributed by atoms with van der Waals surface area (Å²) < 4.78 is 212. The van der Waals surface area contributed by atoms with Crippen molar-refractivity contribution in [1.29, 1.82) is 0 Å². The summed E-state index contributed by atoms with van der Waals surface area (Å²) in [6, 6.07) is -7.47. The number of hydrogen-bond donors (Lipinski definition) is 0. The van der Waals surface area contributed by atoms with Gasteiger partial charge in [-0.1, -0.05) is 0 Å². The lowest BCUT2D eigenvalue weighted by Gasteiger charge is -2.34. The number of hydrogen-bond acceptors (Lipinski definition) is 2. The summed E-state index contributed by atoms with van der Waals surface area (Å²) in [6.07, 6.45) is -14.9. The highest BCUT2D eigenvalue weighted by Gasteiger charge is 2.96. The number of hydroxylamine groups is 2. The zero-order valence-electron chi connectivity index (χ0n) is 11.3. The molecule has 0 aromatic rings. The van der Waals surface area contributed by atoms with Crippen LogP contribution < -0.4 is 0 Å². The molecule has 1 saturated heterocycles. The first kappa shape index (κ1) is 23.8. The standard InChI is InChI=1S/C8F17NO/c9-1(10,5(17,18)19)3(13,14)7(23,24)26-8(25,27-26)4(15,16)2(11,12)6(20,21)22/t8-,26?/m1/s1. The van der Waals surface area contributed by atoms with Crippen LogP contribution in [0.2, 0.25) is 0 Å². The fraction of sp³-hybridized carbons (Fsp3) is 1.00. The van der Waals surface area contributed by atoms with Crippen molar-refractivity contribution in [2.75, 3.05) is 0 Å². The first-order valence-electron chi connectivity index (χ1n) is 5.55. The van der Waals surface area contributed by atoms with E-state index in [0.717, 1.165) is 0 Å². The van der Waals surface area contributed by atoms with Crippen LogP contribution in [0.4, 0.5) is 74.6 Å². The Bertz CT molecular complexity index is 589. The van der Waals surface area contributed by atoms with Gasteiger partial charge in [-0.15, -0.1) is 0 Å². The minimum absolute atomic E-state index is 2.22. The fourth-order valence-electron chi connectivity index (χ4n) is 1.39. The van der Waals surface area contributed by atoms with Gasteiger partial charge < -0.3 is 0 Å². The molecule has 1 rings (SSSR count). The summed E-state index contributed by atoms with van der Waals surface area (Å²) in [4.78, 5) is 2.22. The first-order valence-corrected chi connectivity index (χ1v) is 5.55. The monoisotopic (exact) mass is 449 g/mol. The van der Waals surface area contributed by atoms with Gasteiger partial charge in [-0.05, 0) is 5.06 Å². The molecule has 0 saturated carbocycles. The van der Waals surface area contributed by atoms with Gasteiger partial charge in [0.05, 0.1) is 0 Å². The Morgan fingerprint density at radius 1 is 0.519 bits per heavy atom. The fourth-order valence-corrected chi connectivity index (χ4v) is 1.39. The molecule has 19 heteroatoms. The number of rotatable bonds is 5. The molecule has 0 aliphatic carbocycles. The quantitative estimate of drug-likeness (QED) is 0.329. The van der Waals surface area contributed by atoms with Gasteiger partial charge in [-0.3, -0.25) is 0 Å². The zero-order valence-corrected chi connectivity index (χ0v) is 11.3. The average Bonchev–Trinajstić information content (AvgIpc) is 3.10. The second-order valence-corrected chi connectivity index (χ2v) is 4.78. The molecule has 1 fully saturated rings. The normalized spacial score (nSPS) is 26.3. The average molecular weight is 449 g/mol. The highest BCUT2D eigenvalue weighted by molar-refractivity contribution is 5.09. The summed E-state index contributed by atoms with van der Waals surface area (Å²) in [6.45, 7) is 0. The van der Waals surface area contributed by atoms with Crippen molar-refractivity contribution < 1.29 is 79.5 Å². The van der Waals surface area contributed by atoms with Gasteiger partial charge in [0.15, 0.2) is 0 Å². The van der Waals surface area contributed by atoms with E-state index in [1.54, 1.807) is 0 Å². The van der Waals surface area contributed by atoms with Gasteiger partial charge in [0.2, 0.25) is 0 Å². The molecule has 0 N–H and O–H groups in total. The molecule has 0 radical (unpaired) electrons. The minimum atomic E-state index is -7.85. The summed E-state index contributed by atoms with van der Waals surface area (Å²) in [7, 11) is 0. The first-order chi connectivity index (χ1) is 11.3. The molecule has 2 nitrogen and oxygen atoms in total. The van der Waals surface area contributed by atoms with Gasteiger partial charge in [0.25, 0.3) is 0 Å². The number of alkyl halides is 17. The van der Waals surface area contributed by atoms with E-state index >= 15 is 0 Å². The highest BCUT2D eigenvalue weighted by atomic mass is 19.4. The third kappa shape index (κ3) is 2.79. The van der Waals surface area contributed by atoms with E-state index in [4.69, 9.17) is 0 Å². The Morgan fingerprint density at radius 3 is 1.15 bits per heavy atom. The molecule has 1 aliphatic rings. The van der Waals surface area contributed by atoms with E-state index in [-0.39, 0.29) is 0 Å². The molecule has 0 amide bonds. The SMILES string of the molecule is FC(F)(F)C(F)(F)C(F)(F)C(F)(F)N1O[C@@]1(F)C(F)(F)C(F)(F)C(F)(F)F. The largest absolute Gasteiger partial charge is 0.460 e. The van der Waals surface area contributed by atoms with Gasteiger partial charge in [-0.25, -0.2) is 4.84 Å². The molecule has 2 atom stereocenters. The molecule has 1 unspecified atom stereocenters. The van der Waals surface area contributed by atoms with Crippen molar-refractivity contribution in [3.8, 4) is 0 Å². The summed E-state index contributed by atoms with van der Waals surface area (Å²) in [5.41, 5.74) is 0. The maximum absolute atomic E-state index is 13.3. The molecule has 1 heterocycles. The lowest BCUT2D eigenvalue weighted by Crippen LogP contribution is -2.66. The Balaban J connectivity index is 3.39. The van der Waals surface area contributed by atoms with Gasteiger partial charge in [-0.2, -0.15) is 74.6 Å². The Hall–Kier alpha value is -1.27. The summed E-state index contributed by atoms with van der Waals surface area (Å²) in [5, 5.41) is -3.14. The van der Waals surface area contributed by atoms with Crippen LogP contribution in [-0.2, 0) is 4.84 Å². The van der Waals surface area contributed by atoms with Crippen LogP contribution in [0.15, 0.2) is 0 Å². The van der Waals surface area contributed by atoms with Crippen molar-refractivity contribution in [1.82, 2.24) is 5.06 Å². The van der Waals surface area contributed by atoms with Crippen molar-refractivity contribution in [3.63, 3.8) is 0 Å². The minimum Gasteiger partial charge on any atom is -0.225 e. The Kier molecular flexibility index (Phi) is 4.76. The maximum Gasteiger partial charge on any atom is 0.460 e. The maximum atomic E-state index is 13.3. The van der Waals surface area contributed by atoms with E-state index in [2.05, 4.69) is 4.84 Å². The van der Waals surface area contributed by atoms with Crippen molar-refractivity contribution >= 4 is 0 Å². The van der Waals surface area contributed by atoms with Crippen LogP contribution in [0.25, 0.3) is 0 Å². The molecule has 27 heavy (non-hydrogen) atoms. The predicted octanol–water partition coefficient (Wildman–Crippen LogP) is 5.12. The molecule has 0 aromatic heterocycles. The lowest BCUT2D eigenvalue weighted by atomic mass is 10.1. The molecular formula is C8F17NO. The molecule has 0 spiro atoms. The van der Waals surface area contributed by atoms with E-state index in [9.17, 15) is 74.6 Å². The Labute approximate surface area is 134 Å². The topological polar surface area (TPSA) is 15.5 Å². The van der Waals surface area contributed by atoms with E-state index < -0.39 is 53.1 Å². The second kappa shape index (κ2) is 5.41.